The number of para-hydroxylation sites is 1. The predicted octanol–water partition coefficient (Wildman–Crippen LogP) is 1.38. The topological polar surface area (TPSA) is 65.2 Å². The molecule has 2 amide bonds. The Morgan fingerprint density at radius 3 is 2.68 bits per heavy atom. The van der Waals surface area contributed by atoms with E-state index in [9.17, 15) is 9.59 Å². The number of benzene rings is 1. The predicted molar refractivity (Wildman–Crippen MR) is 73.9 cm³/mol. The van der Waals surface area contributed by atoms with Crippen molar-refractivity contribution in [2.24, 2.45) is 0 Å². The molecule has 19 heavy (non-hydrogen) atoms. The van der Waals surface area contributed by atoms with Crippen molar-refractivity contribution in [3.05, 3.63) is 36.0 Å². The van der Waals surface area contributed by atoms with Crippen molar-refractivity contribution in [3.8, 4) is 0 Å². The van der Waals surface area contributed by atoms with Gasteiger partial charge in [-0.25, -0.2) is 0 Å². The summed E-state index contributed by atoms with van der Waals surface area (Å²) in [6.45, 7) is 0.339. The second-order valence-electron chi connectivity index (χ2n) is 4.56. The molecule has 1 aromatic carbocycles. The maximum atomic E-state index is 11.9. The van der Waals surface area contributed by atoms with E-state index in [1.807, 2.05) is 24.3 Å². The molecule has 0 unspecified atom stereocenters. The van der Waals surface area contributed by atoms with Gasteiger partial charge < -0.3 is 15.2 Å². The van der Waals surface area contributed by atoms with Crippen LogP contribution in [0.4, 0.5) is 0 Å². The van der Waals surface area contributed by atoms with Crippen LogP contribution in [-0.4, -0.2) is 42.3 Å². The van der Waals surface area contributed by atoms with Crippen molar-refractivity contribution < 1.29 is 9.59 Å². The second kappa shape index (κ2) is 5.56. The molecule has 0 atom stereocenters. The van der Waals surface area contributed by atoms with Crippen LogP contribution < -0.4 is 5.32 Å². The Balaban J connectivity index is 1.95. The number of rotatable bonds is 4. The number of carbonyl (C=O) groups excluding carboxylic acids is 2. The van der Waals surface area contributed by atoms with Gasteiger partial charge in [-0.05, 0) is 12.1 Å². The number of nitrogens with zero attached hydrogens (tertiary/aromatic N) is 1. The van der Waals surface area contributed by atoms with E-state index in [4.69, 9.17) is 0 Å². The van der Waals surface area contributed by atoms with E-state index in [1.165, 1.54) is 4.90 Å². The largest absolute Gasteiger partial charge is 0.351 e. The molecule has 0 saturated heterocycles. The highest BCUT2D eigenvalue weighted by atomic mass is 16.2. The molecule has 2 aromatic rings. The molecule has 0 aliphatic carbocycles. The number of aromatic amines is 1. The fourth-order valence-electron chi connectivity index (χ4n) is 1.80. The van der Waals surface area contributed by atoms with Crippen molar-refractivity contribution in [1.82, 2.24) is 15.2 Å². The van der Waals surface area contributed by atoms with Crippen LogP contribution in [0.15, 0.2) is 30.3 Å². The van der Waals surface area contributed by atoms with Crippen molar-refractivity contribution in [2.45, 2.75) is 6.42 Å². The van der Waals surface area contributed by atoms with Crippen molar-refractivity contribution in [3.63, 3.8) is 0 Å². The van der Waals surface area contributed by atoms with Crippen LogP contribution in [0.5, 0.6) is 0 Å². The molecule has 2 rings (SSSR count). The number of fused-ring (bicyclic) bond motifs is 1. The Bertz CT molecular complexity index is 569. The molecule has 2 N–H and O–H groups in total. The third kappa shape index (κ3) is 3.13. The number of hydrogen-bond donors (Lipinski definition) is 2. The average molecular weight is 259 g/mol. The van der Waals surface area contributed by atoms with Gasteiger partial charge in [0.1, 0.15) is 5.69 Å². The number of aromatic nitrogens is 1. The molecular weight excluding hydrogens is 242 g/mol. The summed E-state index contributed by atoms with van der Waals surface area (Å²) < 4.78 is 0. The van der Waals surface area contributed by atoms with E-state index >= 15 is 0 Å². The molecule has 0 aliphatic rings. The molecule has 0 fully saturated rings. The summed E-state index contributed by atoms with van der Waals surface area (Å²) in [5.74, 6) is -0.195. The van der Waals surface area contributed by atoms with Gasteiger partial charge in [-0.15, -0.1) is 0 Å². The zero-order valence-corrected chi connectivity index (χ0v) is 11.1. The molecule has 1 heterocycles. The van der Waals surface area contributed by atoms with E-state index in [1.54, 1.807) is 20.2 Å². The monoisotopic (exact) mass is 259 g/mol. The first-order valence-electron chi connectivity index (χ1n) is 6.14. The summed E-state index contributed by atoms with van der Waals surface area (Å²) in [7, 11) is 3.39. The van der Waals surface area contributed by atoms with Crippen LogP contribution in [-0.2, 0) is 4.79 Å². The van der Waals surface area contributed by atoms with Crippen LogP contribution in [0.1, 0.15) is 16.9 Å². The Hall–Kier alpha value is -2.30. The quantitative estimate of drug-likeness (QED) is 0.871. The van der Waals surface area contributed by atoms with Crippen LogP contribution in [0.3, 0.4) is 0 Å². The maximum Gasteiger partial charge on any atom is 0.267 e. The number of nitrogens with one attached hydrogen (secondary N) is 2. The summed E-state index contributed by atoms with van der Waals surface area (Å²) in [6, 6.07) is 9.50. The SMILES string of the molecule is CN(C)C(=O)CCNC(=O)c1cc2ccccc2[nH]1. The summed E-state index contributed by atoms with van der Waals surface area (Å²) in [6.07, 6.45) is 0.305. The molecule has 100 valence electrons. The van der Waals surface area contributed by atoms with Gasteiger partial charge in [-0.3, -0.25) is 9.59 Å². The third-order valence-electron chi connectivity index (χ3n) is 2.90. The molecule has 0 aliphatic heterocycles. The minimum absolute atomic E-state index is 0.00283. The summed E-state index contributed by atoms with van der Waals surface area (Å²) in [5.41, 5.74) is 1.44. The standard InChI is InChI=1S/C14H17N3O2/c1-17(2)13(18)7-8-15-14(19)12-9-10-5-3-4-6-11(10)16-12/h3-6,9,16H,7-8H2,1-2H3,(H,15,19). The van der Waals surface area contributed by atoms with Gasteiger partial charge in [0, 0.05) is 38.0 Å². The van der Waals surface area contributed by atoms with Crippen LogP contribution in [0, 0.1) is 0 Å². The first-order valence-corrected chi connectivity index (χ1v) is 6.14. The molecule has 0 spiro atoms. The summed E-state index contributed by atoms with van der Waals surface area (Å²) in [5, 5.41) is 3.73. The number of hydrogen-bond acceptors (Lipinski definition) is 2. The normalized spacial score (nSPS) is 10.4. The lowest BCUT2D eigenvalue weighted by atomic mass is 10.2. The van der Waals surface area contributed by atoms with Crippen molar-refractivity contribution in [2.75, 3.05) is 20.6 Å². The van der Waals surface area contributed by atoms with Gasteiger partial charge in [0.25, 0.3) is 5.91 Å². The van der Waals surface area contributed by atoms with Crippen LogP contribution in [0.2, 0.25) is 0 Å². The zero-order valence-electron chi connectivity index (χ0n) is 11.1. The fraction of sp³-hybridized carbons (Fsp3) is 0.286. The van der Waals surface area contributed by atoms with E-state index in [-0.39, 0.29) is 11.8 Å². The Kier molecular flexibility index (Phi) is 3.85. The highest BCUT2D eigenvalue weighted by Crippen LogP contribution is 2.14. The van der Waals surface area contributed by atoms with E-state index < -0.39 is 0 Å². The first kappa shape index (κ1) is 13.1. The van der Waals surface area contributed by atoms with E-state index in [2.05, 4.69) is 10.3 Å². The van der Waals surface area contributed by atoms with E-state index in [0.29, 0.717) is 18.7 Å². The molecule has 5 heteroatoms. The molecule has 1 aromatic heterocycles. The average Bonchev–Trinajstić information content (AvgIpc) is 2.82. The highest BCUT2D eigenvalue weighted by Gasteiger charge is 2.10. The smallest absolute Gasteiger partial charge is 0.267 e. The first-order chi connectivity index (χ1) is 9.08. The second-order valence-corrected chi connectivity index (χ2v) is 4.56. The lowest BCUT2D eigenvalue weighted by molar-refractivity contribution is -0.128. The van der Waals surface area contributed by atoms with Gasteiger partial charge in [-0.1, -0.05) is 18.2 Å². The lowest BCUT2D eigenvalue weighted by Crippen LogP contribution is -2.30. The molecule has 0 bridgehead atoms. The Labute approximate surface area is 111 Å². The van der Waals surface area contributed by atoms with Gasteiger partial charge >= 0.3 is 0 Å². The van der Waals surface area contributed by atoms with Crippen LogP contribution >= 0.6 is 0 Å². The van der Waals surface area contributed by atoms with E-state index in [0.717, 1.165) is 10.9 Å². The highest BCUT2D eigenvalue weighted by molar-refractivity contribution is 5.98. The summed E-state index contributed by atoms with van der Waals surface area (Å²) in [4.78, 5) is 27.8. The van der Waals surface area contributed by atoms with Crippen LogP contribution in [0.25, 0.3) is 10.9 Å². The Morgan fingerprint density at radius 2 is 2.00 bits per heavy atom. The Morgan fingerprint density at radius 1 is 1.26 bits per heavy atom. The summed E-state index contributed by atoms with van der Waals surface area (Å²) >= 11 is 0. The minimum Gasteiger partial charge on any atom is -0.351 e. The molecule has 5 nitrogen and oxygen atoms in total. The molecular formula is C14H17N3O2. The molecule has 0 saturated carbocycles. The van der Waals surface area contributed by atoms with Crippen molar-refractivity contribution in [1.29, 1.82) is 0 Å². The van der Waals surface area contributed by atoms with Gasteiger partial charge in [0.2, 0.25) is 5.91 Å². The van der Waals surface area contributed by atoms with Crippen molar-refractivity contribution >= 4 is 22.7 Å². The fourth-order valence-corrected chi connectivity index (χ4v) is 1.80. The number of H-pyrrole nitrogens is 1. The third-order valence-corrected chi connectivity index (χ3v) is 2.90. The van der Waals surface area contributed by atoms with Gasteiger partial charge in [-0.2, -0.15) is 0 Å². The van der Waals surface area contributed by atoms with Gasteiger partial charge in [0.05, 0.1) is 0 Å². The molecule has 0 radical (unpaired) electrons. The maximum absolute atomic E-state index is 11.9. The lowest BCUT2D eigenvalue weighted by Gasteiger charge is -2.10. The zero-order chi connectivity index (χ0) is 13.8. The minimum atomic E-state index is -0.192. The van der Waals surface area contributed by atoms with Gasteiger partial charge in [0.15, 0.2) is 0 Å². The number of amides is 2. The number of carbonyl (C=O) groups is 2.